The van der Waals surface area contributed by atoms with Crippen LogP contribution < -0.4 is 5.32 Å². The van der Waals surface area contributed by atoms with E-state index in [0.717, 1.165) is 16.7 Å². The van der Waals surface area contributed by atoms with E-state index < -0.39 is 5.97 Å². The molecule has 0 saturated heterocycles. The predicted octanol–water partition coefficient (Wildman–Crippen LogP) is 2.62. The Labute approximate surface area is 144 Å². The molecule has 2 aromatic heterocycles. The number of amides is 1. The van der Waals surface area contributed by atoms with Crippen LogP contribution in [0, 0.1) is 13.8 Å². The summed E-state index contributed by atoms with van der Waals surface area (Å²) in [6.45, 7) is 3.63. The van der Waals surface area contributed by atoms with Gasteiger partial charge in [-0.3, -0.25) is 9.48 Å². The lowest BCUT2D eigenvalue weighted by Gasteiger charge is -2.11. The Morgan fingerprint density at radius 3 is 2.72 bits per heavy atom. The SMILES string of the molecule is COC(=O)c1cccc(NC(=O)c2cnc3c(c2)c(C)nn3C)c1C. The summed E-state index contributed by atoms with van der Waals surface area (Å²) in [7, 11) is 3.13. The van der Waals surface area contributed by atoms with Crippen molar-refractivity contribution in [2.24, 2.45) is 7.05 Å². The molecular formula is C18H18N4O3. The zero-order valence-electron chi connectivity index (χ0n) is 14.5. The molecule has 1 amide bonds. The van der Waals surface area contributed by atoms with Crippen LogP contribution in [0.5, 0.6) is 0 Å². The summed E-state index contributed by atoms with van der Waals surface area (Å²) >= 11 is 0. The van der Waals surface area contributed by atoms with Gasteiger partial charge in [0.05, 0.1) is 23.9 Å². The summed E-state index contributed by atoms with van der Waals surface area (Å²) in [4.78, 5) is 28.7. The quantitative estimate of drug-likeness (QED) is 0.742. The molecule has 128 valence electrons. The van der Waals surface area contributed by atoms with E-state index in [-0.39, 0.29) is 5.91 Å². The minimum absolute atomic E-state index is 0.303. The van der Waals surface area contributed by atoms with Crippen LogP contribution in [-0.2, 0) is 11.8 Å². The molecule has 7 heteroatoms. The Morgan fingerprint density at radius 2 is 2.00 bits per heavy atom. The average Bonchev–Trinajstić information content (AvgIpc) is 2.89. The Balaban J connectivity index is 1.93. The average molecular weight is 338 g/mol. The van der Waals surface area contributed by atoms with Crippen molar-refractivity contribution < 1.29 is 14.3 Å². The third kappa shape index (κ3) is 2.96. The maximum absolute atomic E-state index is 12.6. The molecule has 0 aliphatic rings. The van der Waals surface area contributed by atoms with Crippen molar-refractivity contribution in [1.29, 1.82) is 0 Å². The van der Waals surface area contributed by atoms with Crippen molar-refractivity contribution >= 4 is 28.6 Å². The first kappa shape index (κ1) is 16.6. The number of aromatic nitrogens is 3. The lowest BCUT2D eigenvalue weighted by molar-refractivity contribution is 0.0599. The van der Waals surface area contributed by atoms with Gasteiger partial charge in [0.2, 0.25) is 0 Å². The Hall–Kier alpha value is -3.22. The van der Waals surface area contributed by atoms with E-state index in [2.05, 4.69) is 15.4 Å². The molecule has 0 aliphatic heterocycles. The maximum atomic E-state index is 12.6. The highest BCUT2D eigenvalue weighted by Gasteiger charge is 2.16. The fraction of sp³-hybridized carbons (Fsp3) is 0.222. The zero-order valence-corrected chi connectivity index (χ0v) is 14.5. The van der Waals surface area contributed by atoms with Gasteiger partial charge in [-0.1, -0.05) is 6.07 Å². The molecule has 0 bridgehead atoms. The molecule has 0 fully saturated rings. The first-order valence-corrected chi connectivity index (χ1v) is 7.71. The van der Waals surface area contributed by atoms with Crippen LogP contribution in [0.25, 0.3) is 11.0 Å². The van der Waals surface area contributed by atoms with Crippen molar-refractivity contribution in [2.75, 3.05) is 12.4 Å². The number of nitrogens with zero attached hydrogens (tertiary/aromatic N) is 3. The number of pyridine rings is 1. The number of hydrogen-bond donors (Lipinski definition) is 1. The Kier molecular flexibility index (Phi) is 4.22. The standard InChI is InChI=1S/C18H18N4O3/c1-10-13(18(24)25-4)6-5-7-15(10)20-17(23)12-8-14-11(2)21-22(3)16(14)19-9-12/h5-9H,1-4H3,(H,20,23). The molecule has 0 saturated carbocycles. The highest BCUT2D eigenvalue weighted by Crippen LogP contribution is 2.22. The second-order valence-electron chi connectivity index (χ2n) is 5.73. The number of methoxy groups -OCH3 is 1. The highest BCUT2D eigenvalue weighted by atomic mass is 16.5. The van der Waals surface area contributed by atoms with Gasteiger partial charge < -0.3 is 10.1 Å². The molecule has 7 nitrogen and oxygen atoms in total. The van der Waals surface area contributed by atoms with Gasteiger partial charge in [0.1, 0.15) is 0 Å². The van der Waals surface area contributed by atoms with Gasteiger partial charge in [0.15, 0.2) is 5.65 Å². The molecule has 3 aromatic rings. The predicted molar refractivity (Wildman–Crippen MR) is 93.7 cm³/mol. The number of hydrogen-bond acceptors (Lipinski definition) is 5. The fourth-order valence-corrected chi connectivity index (χ4v) is 2.73. The topological polar surface area (TPSA) is 86.1 Å². The number of nitrogens with one attached hydrogen (secondary N) is 1. The van der Waals surface area contributed by atoms with Crippen molar-refractivity contribution in [3.63, 3.8) is 0 Å². The summed E-state index contributed by atoms with van der Waals surface area (Å²) < 4.78 is 6.43. The molecule has 0 unspecified atom stereocenters. The summed E-state index contributed by atoms with van der Waals surface area (Å²) in [5, 5.41) is 7.95. The summed E-state index contributed by atoms with van der Waals surface area (Å²) in [5.74, 6) is -0.745. The smallest absolute Gasteiger partial charge is 0.338 e. The third-order valence-corrected chi connectivity index (χ3v) is 4.11. The number of ether oxygens (including phenoxy) is 1. The number of aryl methyl sites for hydroxylation is 2. The van der Waals surface area contributed by atoms with E-state index in [0.29, 0.717) is 22.4 Å². The van der Waals surface area contributed by atoms with Gasteiger partial charge in [-0.25, -0.2) is 9.78 Å². The van der Waals surface area contributed by atoms with E-state index in [9.17, 15) is 9.59 Å². The summed E-state index contributed by atoms with van der Waals surface area (Å²) in [5.41, 5.74) is 3.56. The molecule has 0 atom stereocenters. The number of esters is 1. The van der Waals surface area contributed by atoms with Crippen LogP contribution in [0.2, 0.25) is 0 Å². The van der Waals surface area contributed by atoms with Crippen LogP contribution in [0.3, 0.4) is 0 Å². The van der Waals surface area contributed by atoms with E-state index in [4.69, 9.17) is 4.74 Å². The first-order chi connectivity index (χ1) is 11.9. The molecule has 3 rings (SSSR count). The van der Waals surface area contributed by atoms with Crippen molar-refractivity contribution in [1.82, 2.24) is 14.8 Å². The van der Waals surface area contributed by atoms with E-state index in [1.807, 2.05) is 14.0 Å². The lowest BCUT2D eigenvalue weighted by atomic mass is 10.1. The molecule has 1 N–H and O–H groups in total. The zero-order chi connectivity index (χ0) is 18.1. The maximum Gasteiger partial charge on any atom is 0.338 e. The van der Waals surface area contributed by atoms with Crippen LogP contribution in [0.4, 0.5) is 5.69 Å². The third-order valence-electron chi connectivity index (χ3n) is 4.11. The van der Waals surface area contributed by atoms with E-state index >= 15 is 0 Å². The molecule has 1 aromatic carbocycles. The van der Waals surface area contributed by atoms with Crippen LogP contribution in [-0.4, -0.2) is 33.8 Å². The minimum atomic E-state index is -0.442. The van der Waals surface area contributed by atoms with E-state index in [1.54, 1.807) is 35.9 Å². The van der Waals surface area contributed by atoms with Gasteiger partial charge in [0.25, 0.3) is 5.91 Å². The monoisotopic (exact) mass is 338 g/mol. The Bertz CT molecular complexity index is 991. The molecule has 0 aliphatic carbocycles. The molecule has 25 heavy (non-hydrogen) atoms. The second-order valence-corrected chi connectivity index (χ2v) is 5.73. The van der Waals surface area contributed by atoms with Crippen LogP contribution in [0.15, 0.2) is 30.5 Å². The van der Waals surface area contributed by atoms with Gasteiger partial charge in [-0.2, -0.15) is 5.10 Å². The number of fused-ring (bicyclic) bond motifs is 1. The number of anilines is 1. The van der Waals surface area contributed by atoms with Crippen LogP contribution in [0.1, 0.15) is 32.0 Å². The van der Waals surface area contributed by atoms with Gasteiger partial charge in [-0.05, 0) is 37.6 Å². The summed E-state index contributed by atoms with van der Waals surface area (Å²) in [6, 6.07) is 6.85. The van der Waals surface area contributed by atoms with Crippen molar-refractivity contribution in [3.8, 4) is 0 Å². The van der Waals surface area contributed by atoms with Gasteiger partial charge in [0, 0.05) is 24.3 Å². The lowest BCUT2D eigenvalue weighted by Crippen LogP contribution is -2.14. The normalized spacial score (nSPS) is 10.7. The minimum Gasteiger partial charge on any atom is -0.465 e. The summed E-state index contributed by atoms with van der Waals surface area (Å²) in [6.07, 6.45) is 1.51. The molecule has 0 radical (unpaired) electrons. The number of carbonyl (C=O) groups excluding carboxylic acids is 2. The molecular weight excluding hydrogens is 320 g/mol. The van der Waals surface area contributed by atoms with Gasteiger partial charge in [-0.15, -0.1) is 0 Å². The fourth-order valence-electron chi connectivity index (χ4n) is 2.73. The first-order valence-electron chi connectivity index (χ1n) is 7.71. The second kappa shape index (κ2) is 6.35. The number of benzene rings is 1. The van der Waals surface area contributed by atoms with E-state index in [1.165, 1.54) is 13.3 Å². The van der Waals surface area contributed by atoms with Gasteiger partial charge >= 0.3 is 5.97 Å². The van der Waals surface area contributed by atoms with Crippen molar-refractivity contribution in [3.05, 3.63) is 52.8 Å². The highest BCUT2D eigenvalue weighted by molar-refractivity contribution is 6.07. The van der Waals surface area contributed by atoms with Crippen molar-refractivity contribution in [2.45, 2.75) is 13.8 Å². The molecule has 2 heterocycles. The number of rotatable bonds is 3. The largest absolute Gasteiger partial charge is 0.465 e. The van der Waals surface area contributed by atoms with Crippen LogP contribution >= 0.6 is 0 Å². The number of carbonyl (C=O) groups is 2. The Morgan fingerprint density at radius 1 is 1.24 bits per heavy atom. The molecule has 0 spiro atoms.